The van der Waals surface area contributed by atoms with Gasteiger partial charge >= 0.3 is 16.9 Å². The summed E-state index contributed by atoms with van der Waals surface area (Å²) in [7, 11) is 0. The Hall–Kier alpha value is -3.33. The van der Waals surface area contributed by atoms with Gasteiger partial charge in [0.05, 0.1) is 16.6 Å². The number of hydrogen-bond acceptors (Lipinski definition) is 6. The number of rotatable bonds is 8. The van der Waals surface area contributed by atoms with E-state index in [1.165, 1.54) is 12.2 Å². The zero-order valence-corrected chi connectivity index (χ0v) is 15.0. The number of benzene rings is 1. The minimum Gasteiger partial charge on any atom is -0.490 e. The van der Waals surface area contributed by atoms with E-state index in [1.807, 2.05) is 4.98 Å². The third-order valence-corrected chi connectivity index (χ3v) is 3.53. The van der Waals surface area contributed by atoms with E-state index >= 15 is 0 Å². The van der Waals surface area contributed by atoms with Crippen LogP contribution >= 0.6 is 11.6 Å². The Bertz CT molecular complexity index is 1010. The Morgan fingerprint density at radius 2 is 2.00 bits per heavy atom. The van der Waals surface area contributed by atoms with Crippen LogP contribution in [0.2, 0.25) is 5.02 Å². The van der Waals surface area contributed by atoms with Crippen LogP contribution in [-0.4, -0.2) is 28.1 Å². The van der Waals surface area contributed by atoms with Gasteiger partial charge in [-0.1, -0.05) is 30.3 Å². The molecule has 0 bridgehead atoms. The Balaban J connectivity index is 2.49. The maximum absolute atomic E-state index is 11.6. The third kappa shape index (κ3) is 4.85. The molecule has 0 fully saturated rings. The van der Waals surface area contributed by atoms with Gasteiger partial charge in [-0.05, 0) is 30.7 Å². The highest BCUT2D eigenvalue weighted by Crippen LogP contribution is 2.37. The molecule has 2 aromatic rings. The Morgan fingerprint density at radius 3 is 2.63 bits per heavy atom. The molecule has 0 spiro atoms. The second kappa shape index (κ2) is 8.86. The fourth-order valence-electron chi connectivity index (χ4n) is 2.21. The van der Waals surface area contributed by atoms with Gasteiger partial charge in [0.2, 0.25) is 0 Å². The van der Waals surface area contributed by atoms with Gasteiger partial charge in [0.1, 0.15) is 12.3 Å². The molecule has 142 valence electrons. The zero-order valence-electron chi connectivity index (χ0n) is 14.3. The summed E-state index contributed by atoms with van der Waals surface area (Å²) in [5.41, 5.74) is -2.44. The molecule has 2 N–H and O–H groups in total. The minimum absolute atomic E-state index is 0.231. The van der Waals surface area contributed by atoms with E-state index in [1.54, 1.807) is 25.1 Å². The molecule has 0 saturated heterocycles. The van der Waals surface area contributed by atoms with Crippen molar-refractivity contribution in [2.75, 3.05) is 13.2 Å². The molecule has 0 amide bonds. The molecular weight excluding hydrogens is 378 g/mol. The van der Waals surface area contributed by atoms with Gasteiger partial charge < -0.3 is 14.5 Å². The summed E-state index contributed by atoms with van der Waals surface area (Å²) >= 11 is 6.23. The number of H-pyrrole nitrogens is 2. The average Bonchev–Trinajstić information content (AvgIpc) is 2.58. The van der Waals surface area contributed by atoms with Crippen LogP contribution in [0.1, 0.15) is 18.2 Å². The van der Waals surface area contributed by atoms with Gasteiger partial charge in [0.25, 0.3) is 0 Å². The fraction of sp³-hybridized carbons (Fsp3) is 0.176. The Morgan fingerprint density at radius 1 is 1.26 bits per heavy atom. The summed E-state index contributed by atoms with van der Waals surface area (Å²) in [5.74, 6) is 0.714. The number of nitro groups is 1. The van der Waals surface area contributed by atoms with E-state index in [4.69, 9.17) is 21.1 Å². The summed E-state index contributed by atoms with van der Waals surface area (Å²) in [4.78, 5) is 37.3. The predicted molar refractivity (Wildman–Crippen MR) is 102 cm³/mol. The Labute approximate surface area is 158 Å². The van der Waals surface area contributed by atoms with E-state index < -0.39 is 21.9 Å². The molecule has 10 heteroatoms. The smallest absolute Gasteiger partial charge is 0.357 e. The lowest BCUT2D eigenvalue weighted by atomic mass is 10.1. The highest BCUT2D eigenvalue weighted by atomic mass is 35.5. The summed E-state index contributed by atoms with van der Waals surface area (Å²) in [6, 6.07) is 3.16. The summed E-state index contributed by atoms with van der Waals surface area (Å²) < 4.78 is 11.0. The molecule has 2 rings (SSSR count). The van der Waals surface area contributed by atoms with Crippen molar-refractivity contribution < 1.29 is 14.4 Å². The molecule has 0 saturated carbocycles. The molecule has 0 aliphatic heterocycles. The first-order valence-corrected chi connectivity index (χ1v) is 8.14. The van der Waals surface area contributed by atoms with Crippen LogP contribution in [0.5, 0.6) is 11.5 Å². The van der Waals surface area contributed by atoms with Crippen molar-refractivity contribution in [2.24, 2.45) is 0 Å². The molecule has 0 aliphatic carbocycles. The van der Waals surface area contributed by atoms with Gasteiger partial charge in [-0.15, -0.1) is 0 Å². The van der Waals surface area contributed by atoms with Gasteiger partial charge in [-0.25, -0.2) is 4.79 Å². The third-order valence-electron chi connectivity index (χ3n) is 3.25. The topological polar surface area (TPSA) is 127 Å². The highest BCUT2D eigenvalue weighted by Gasteiger charge is 2.19. The molecule has 27 heavy (non-hydrogen) atoms. The van der Waals surface area contributed by atoms with Gasteiger partial charge in [-0.2, -0.15) is 0 Å². The molecular formula is C17H16ClN3O6. The lowest BCUT2D eigenvalue weighted by molar-refractivity contribution is -0.386. The SMILES string of the molecule is C=CCOc1c(Cl)cc(/C=C\c2[nH]c(=O)[nH]c(=O)c2[N+](=O)[O-])cc1OCC. The van der Waals surface area contributed by atoms with E-state index in [2.05, 4.69) is 11.6 Å². The van der Waals surface area contributed by atoms with Crippen molar-refractivity contribution in [2.45, 2.75) is 6.92 Å². The monoisotopic (exact) mass is 393 g/mol. The van der Waals surface area contributed by atoms with Crippen LogP contribution in [0.4, 0.5) is 5.69 Å². The van der Waals surface area contributed by atoms with E-state index in [0.717, 1.165) is 0 Å². The number of nitrogens with one attached hydrogen (secondary N) is 2. The summed E-state index contributed by atoms with van der Waals surface area (Å²) in [6.45, 7) is 5.95. The molecule has 0 unspecified atom stereocenters. The van der Waals surface area contributed by atoms with Crippen molar-refractivity contribution in [3.63, 3.8) is 0 Å². The predicted octanol–water partition coefficient (Wildman–Crippen LogP) is 2.76. The van der Waals surface area contributed by atoms with Crippen LogP contribution < -0.4 is 20.7 Å². The number of aromatic nitrogens is 2. The lowest BCUT2D eigenvalue weighted by Gasteiger charge is -2.13. The molecule has 0 aliphatic rings. The van der Waals surface area contributed by atoms with Crippen molar-refractivity contribution in [1.82, 2.24) is 9.97 Å². The minimum atomic E-state index is -1.09. The molecule has 1 heterocycles. The maximum Gasteiger partial charge on any atom is 0.357 e. The number of ether oxygens (including phenoxy) is 2. The quantitative estimate of drug-likeness (QED) is 0.403. The van der Waals surface area contributed by atoms with E-state index in [0.29, 0.717) is 23.7 Å². The van der Waals surface area contributed by atoms with Crippen LogP contribution in [0.3, 0.4) is 0 Å². The van der Waals surface area contributed by atoms with Crippen LogP contribution in [-0.2, 0) is 0 Å². The van der Waals surface area contributed by atoms with Gasteiger partial charge in [0, 0.05) is 0 Å². The number of hydrogen-bond donors (Lipinski definition) is 2. The standard InChI is InChI=1S/C17H16ClN3O6/c1-3-7-27-15-11(18)8-10(9-13(15)26-4-2)5-6-12-14(21(24)25)16(22)20-17(23)19-12/h3,5-6,8-9H,1,4,7H2,2H3,(H2,19,20,22,23)/b6-5-. The first-order valence-electron chi connectivity index (χ1n) is 7.76. The van der Waals surface area contributed by atoms with Crippen LogP contribution in [0.25, 0.3) is 12.2 Å². The number of aromatic amines is 2. The van der Waals surface area contributed by atoms with Crippen molar-refractivity contribution in [3.8, 4) is 11.5 Å². The highest BCUT2D eigenvalue weighted by molar-refractivity contribution is 6.32. The zero-order chi connectivity index (χ0) is 20.0. The van der Waals surface area contributed by atoms with Crippen LogP contribution in [0, 0.1) is 10.1 Å². The first-order chi connectivity index (χ1) is 12.9. The number of halogens is 1. The Kier molecular flexibility index (Phi) is 6.56. The summed E-state index contributed by atoms with van der Waals surface area (Å²) in [5, 5.41) is 11.3. The largest absolute Gasteiger partial charge is 0.490 e. The normalized spacial score (nSPS) is 10.7. The van der Waals surface area contributed by atoms with Crippen LogP contribution in [0.15, 0.2) is 34.4 Å². The maximum atomic E-state index is 11.6. The van der Waals surface area contributed by atoms with E-state index in [9.17, 15) is 19.7 Å². The average molecular weight is 394 g/mol. The van der Waals surface area contributed by atoms with Crippen molar-refractivity contribution in [1.29, 1.82) is 0 Å². The molecule has 1 aromatic carbocycles. The fourth-order valence-corrected chi connectivity index (χ4v) is 2.48. The molecule has 0 atom stereocenters. The van der Waals surface area contributed by atoms with Gasteiger partial charge in [-0.3, -0.25) is 19.9 Å². The number of nitrogens with zero attached hydrogens (tertiary/aromatic N) is 1. The van der Waals surface area contributed by atoms with Crippen molar-refractivity contribution in [3.05, 3.63) is 72.0 Å². The lowest BCUT2D eigenvalue weighted by Crippen LogP contribution is -2.25. The molecule has 9 nitrogen and oxygen atoms in total. The van der Waals surface area contributed by atoms with Crippen molar-refractivity contribution >= 4 is 29.4 Å². The molecule has 0 radical (unpaired) electrons. The summed E-state index contributed by atoms with van der Waals surface area (Å²) in [6.07, 6.45) is 4.24. The first kappa shape index (κ1) is 20.0. The second-order valence-corrected chi connectivity index (χ2v) is 5.53. The van der Waals surface area contributed by atoms with Gasteiger partial charge in [0.15, 0.2) is 11.5 Å². The second-order valence-electron chi connectivity index (χ2n) is 5.12. The van der Waals surface area contributed by atoms with E-state index in [-0.39, 0.29) is 17.3 Å². The molecule has 1 aromatic heterocycles.